The van der Waals surface area contributed by atoms with Gasteiger partial charge in [0, 0.05) is 5.92 Å². The van der Waals surface area contributed by atoms with Crippen LogP contribution in [-0.2, 0) is 4.79 Å². The lowest BCUT2D eigenvalue weighted by Gasteiger charge is -1.98. The minimum atomic E-state index is 0.121. The Bertz CT molecular complexity index is 632. The Hall–Kier alpha value is -1.42. The third-order valence-corrected chi connectivity index (χ3v) is 4.42. The van der Waals surface area contributed by atoms with E-state index in [2.05, 4.69) is 43.2 Å². The summed E-state index contributed by atoms with van der Waals surface area (Å²) in [5, 5.41) is 3.66. The minimum Gasteiger partial charge on any atom is -0.302 e. The van der Waals surface area contributed by atoms with Crippen molar-refractivity contribution in [3.8, 4) is 0 Å². The monoisotopic (exact) mass is 260 g/mol. The third-order valence-electron chi connectivity index (χ3n) is 3.51. The maximum Gasteiger partial charge on any atom is 0.229 e. The van der Waals surface area contributed by atoms with Crippen LogP contribution in [0.2, 0.25) is 0 Å². The third kappa shape index (κ3) is 2.01. The highest BCUT2D eigenvalue weighted by atomic mass is 32.1. The second-order valence-corrected chi connectivity index (χ2v) is 6.29. The van der Waals surface area contributed by atoms with Crippen molar-refractivity contribution in [3.63, 3.8) is 0 Å². The predicted octanol–water partition coefficient (Wildman–Crippen LogP) is 3.51. The number of nitrogens with zero attached hydrogens (tertiary/aromatic N) is 1. The molecule has 3 nitrogen and oxygen atoms in total. The van der Waals surface area contributed by atoms with E-state index < -0.39 is 0 Å². The van der Waals surface area contributed by atoms with Crippen LogP contribution in [0.3, 0.4) is 0 Å². The molecule has 94 valence electrons. The summed E-state index contributed by atoms with van der Waals surface area (Å²) in [7, 11) is 0. The van der Waals surface area contributed by atoms with E-state index in [4.69, 9.17) is 0 Å². The molecular weight excluding hydrogens is 244 g/mol. The molecule has 0 saturated heterocycles. The first-order chi connectivity index (χ1) is 8.54. The quantitative estimate of drug-likeness (QED) is 0.897. The molecule has 1 aromatic heterocycles. The summed E-state index contributed by atoms with van der Waals surface area (Å²) in [5.41, 5.74) is 3.41. The Morgan fingerprint density at radius 2 is 2.17 bits per heavy atom. The van der Waals surface area contributed by atoms with Crippen molar-refractivity contribution >= 4 is 32.6 Å². The lowest BCUT2D eigenvalue weighted by atomic mass is 10.1. The van der Waals surface area contributed by atoms with Gasteiger partial charge in [0.05, 0.1) is 10.2 Å². The number of amides is 1. The lowest BCUT2D eigenvalue weighted by Crippen LogP contribution is -2.14. The Balaban J connectivity index is 1.89. The summed E-state index contributed by atoms with van der Waals surface area (Å²) in [6.07, 6.45) is 1.01. The van der Waals surface area contributed by atoms with Crippen LogP contribution in [0.5, 0.6) is 0 Å². The fraction of sp³-hybridized carbons (Fsp3) is 0.429. The molecule has 3 rings (SSSR count). The van der Waals surface area contributed by atoms with Gasteiger partial charge < -0.3 is 5.32 Å². The number of hydrogen-bond acceptors (Lipinski definition) is 3. The van der Waals surface area contributed by atoms with Gasteiger partial charge in [-0.1, -0.05) is 24.3 Å². The van der Waals surface area contributed by atoms with Crippen molar-refractivity contribution in [2.75, 3.05) is 5.32 Å². The van der Waals surface area contributed by atoms with Gasteiger partial charge in [-0.3, -0.25) is 4.79 Å². The van der Waals surface area contributed by atoms with E-state index in [1.165, 1.54) is 11.1 Å². The van der Waals surface area contributed by atoms with Gasteiger partial charge >= 0.3 is 0 Å². The minimum absolute atomic E-state index is 0.121. The number of anilines is 1. The zero-order valence-electron chi connectivity index (χ0n) is 10.8. The first-order valence-electron chi connectivity index (χ1n) is 6.23. The molecule has 0 spiro atoms. The summed E-state index contributed by atoms with van der Waals surface area (Å²) < 4.78 is 1.15. The molecule has 2 aromatic rings. The molecule has 4 heteroatoms. The number of aryl methyl sites for hydroxylation is 2. The molecule has 0 radical (unpaired) electrons. The van der Waals surface area contributed by atoms with Gasteiger partial charge in [-0.2, -0.15) is 0 Å². The molecule has 1 heterocycles. The van der Waals surface area contributed by atoms with Crippen LogP contribution in [-0.4, -0.2) is 10.9 Å². The van der Waals surface area contributed by atoms with Crippen molar-refractivity contribution < 1.29 is 4.79 Å². The molecule has 1 aliphatic rings. The average molecular weight is 260 g/mol. The summed E-state index contributed by atoms with van der Waals surface area (Å²) in [6, 6.07) is 4.24. The first kappa shape index (κ1) is 11.7. The van der Waals surface area contributed by atoms with Crippen LogP contribution in [0.1, 0.15) is 24.5 Å². The zero-order chi connectivity index (χ0) is 12.9. The molecule has 1 amide bonds. The van der Waals surface area contributed by atoms with Crippen molar-refractivity contribution in [1.29, 1.82) is 0 Å². The highest BCUT2D eigenvalue weighted by Crippen LogP contribution is 2.39. The van der Waals surface area contributed by atoms with Gasteiger partial charge in [-0.05, 0) is 43.4 Å². The van der Waals surface area contributed by atoms with Crippen molar-refractivity contribution in [3.05, 3.63) is 23.3 Å². The molecule has 1 saturated carbocycles. The van der Waals surface area contributed by atoms with Gasteiger partial charge in [0.2, 0.25) is 5.91 Å². The predicted molar refractivity (Wildman–Crippen MR) is 75.0 cm³/mol. The van der Waals surface area contributed by atoms with E-state index >= 15 is 0 Å². The van der Waals surface area contributed by atoms with Crippen molar-refractivity contribution in [2.45, 2.75) is 27.2 Å². The Morgan fingerprint density at radius 3 is 2.83 bits per heavy atom. The van der Waals surface area contributed by atoms with Crippen molar-refractivity contribution in [2.24, 2.45) is 11.8 Å². The van der Waals surface area contributed by atoms with Crippen LogP contribution in [0, 0.1) is 25.7 Å². The van der Waals surface area contributed by atoms with Gasteiger partial charge in [0.25, 0.3) is 0 Å². The zero-order valence-corrected chi connectivity index (χ0v) is 11.6. The van der Waals surface area contributed by atoms with Crippen LogP contribution >= 0.6 is 11.3 Å². The Labute approximate surface area is 110 Å². The maximum atomic E-state index is 11.9. The number of nitrogens with one attached hydrogen (secondary N) is 1. The molecule has 1 fully saturated rings. The van der Waals surface area contributed by atoms with Gasteiger partial charge in [-0.25, -0.2) is 4.98 Å². The number of carbonyl (C=O) groups excluding carboxylic acids is 1. The van der Waals surface area contributed by atoms with E-state index in [1.807, 2.05) is 0 Å². The Morgan fingerprint density at radius 1 is 1.44 bits per heavy atom. The molecule has 1 aromatic carbocycles. The van der Waals surface area contributed by atoms with Crippen LogP contribution in [0.4, 0.5) is 5.13 Å². The van der Waals surface area contributed by atoms with Gasteiger partial charge in [0.15, 0.2) is 5.13 Å². The highest BCUT2D eigenvalue weighted by Gasteiger charge is 2.39. The van der Waals surface area contributed by atoms with Gasteiger partial charge in [0.1, 0.15) is 0 Å². The Kier molecular flexibility index (Phi) is 2.63. The number of rotatable bonds is 2. The topological polar surface area (TPSA) is 42.0 Å². The summed E-state index contributed by atoms with van der Waals surface area (Å²) >= 11 is 1.56. The average Bonchev–Trinajstić information content (AvgIpc) is 2.86. The number of benzene rings is 1. The SMILES string of the molecule is Cc1cc(C)c2nc(NC(=O)[C@@H]3C[C@@H]3C)sc2c1. The molecule has 1 aliphatic carbocycles. The van der Waals surface area contributed by atoms with E-state index in [0.717, 1.165) is 21.8 Å². The molecule has 0 unspecified atom stereocenters. The second kappa shape index (κ2) is 4.05. The number of carbonyl (C=O) groups is 1. The van der Waals surface area contributed by atoms with Crippen LogP contribution in [0.15, 0.2) is 12.1 Å². The molecule has 2 atom stereocenters. The molecule has 1 N–H and O–H groups in total. The summed E-state index contributed by atoms with van der Waals surface area (Å²) in [4.78, 5) is 16.4. The van der Waals surface area contributed by atoms with Crippen molar-refractivity contribution in [1.82, 2.24) is 4.98 Å². The second-order valence-electron chi connectivity index (χ2n) is 5.26. The normalized spacial score (nSPS) is 22.2. The number of thiazole rings is 1. The van der Waals surface area contributed by atoms with E-state index in [1.54, 1.807) is 11.3 Å². The van der Waals surface area contributed by atoms with Crippen LogP contribution in [0.25, 0.3) is 10.2 Å². The number of hydrogen-bond donors (Lipinski definition) is 1. The van der Waals surface area contributed by atoms with E-state index in [0.29, 0.717) is 5.92 Å². The maximum absolute atomic E-state index is 11.9. The standard InChI is InChI=1S/C14H16N2OS/c1-7-4-9(3)12-11(5-7)18-14(15-12)16-13(17)10-6-8(10)2/h4-5,8,10H,6H2,1-3H3,(H,15,16,17)/t8-,10+/m0/s1. The largest absolute Gasteiger partial charge is 0.302 e. The molecule has 0 bridgehead atoms. The summed E-state index contributed by atoms with van der Waals surface area (Å²) in [5.74, 6) is 0.846. The highest BCUT2D eigenvalue weighted by molar-refractivity contribution is 7.22. The molecule has 18 heavy (non-hydrogen) atoms. The first-order valence-corrected chi connectivity index (χ1v) is 7.05. The lowest BCUT2D eigenvalue weighted by molar-refractivity contribution is -0.117. The fourth-order valence-corrected chi connectivity index (χ4v) is 3.35. The fourth-order valence-electron chi connectivity index (χ4n) is 2.31. The molecule has 0 aliphatic heterocycles. The van der Waals surface area contributed by atoms with Gasteiger partial charge in [-0.15, -0.1) is 0 Å². The number of fused-ring (bicyclic) bond motifs is 1. The number of aromatic nitrogens is 1. The summed E-state index contributed by atoms with van der Waals surface area (Å²) in [6.45, 7) is 6.25. The van der Waals surface area contributed by atoms with E-state index in [9.17, 15) is 4.79 Å². The van der Waals surface area contributed by atoms with E-state index in [-0.39, 0.29) is 11.8 Å². The smallest absolute Gasteiger partial charge is 0.229 e. The van der Waals surface area contributed by atoms with Crippen LogP contribution < -0.4 is 5.32 Å². The molecular formula is C14H16N2OS.